The lowest BCUT2D eigenvalue weighted by atomic mass is 9.68. The van der Waals surface area contributed by atoms with Crippen LogP contribution in [0.4, 0.5) is 5.82 Å². The van der Waals surface area contributed by atoms with Crippen LogP contribution in [-0.4, -0.2) is 22.7 Å². The number of hydrogen-bond donors (Lipinski definition) is 1. The molecule has 38 heavy (non-hydrogen) atoms. The van der Waals surface area contributed by atoms with Gasteiger partial charge in [-0.25, -0.2) is 4.68 Å². The number of anilines is 1. The highest BCUT2D eigenvalue weighted by atomic mass is 16.5. The van der Waals surface area contributed by atoms with Gasteiger partial charge in [0, 0.05) is 40.3 Å². The van der Waals surface area contributed by atoms with Crippen molar-refractivity contribution in [3.05, 3.63) is 106 Å². The third-order valence-corrected chi connectivity index (χ3v) is 7.77. The largest absolute Gasteiger partial charge is 0.496 e. The van der Waals surface area contributed by atoms with Crippen molar-refractivity contribution < 1.29 is 9.53 Å². The van der Waals surface area contributed by atoms with Crippen LogP contribution in [0.3, 0.4) is 0 Å². The molecule has 2 aliphatic rings. The van der Waals surface area contributed by atoms with E-state index < -0.39 is 0 Å². The van der Waals surface area contributed by atoms with Gasteiger partial charge in [-0.2, -0.15) is 5.10 Å². The molecule has 6 rings (SSSR count). The number of Topliss-reactive ketones (excluding diaryl/α,β-unsaturated/α-hetero) is 1. The fourth-order valence-corrected chi connectivity index (χ4v) is 6.13. The Morgan fingerprint density at radius 2 is 1.71 bits per heavy atom. The highest BCUT2D eigenvalue weighted by Crippen LogP contribution is 2.53. The molecule has 2 heterocycles. The van der Waals surface area contributed by atoms with E-state index in [1.165, 1.54) is 5.56 Å². The Morgan fingerprint density at radius 1 is 0.974 bits per heavy atom. The van der Waals surface area contributed by atoms with Crippen LogP contribution in [0.1, 0.15) is 54.9 Å². The average Bonchev–Trinajstić information content (AvgIpc) is 3.26. The van der Waals surface area contributed by atoms with Gasteiger partial charge in [0.2, 0.25) is 0 Å². The summed E-state index contributed by atoms with van der Waals surface area (Å²) in [6.07, 6.45) is 1.30. The Morgan fingerprint density at radius 3 is 2.45 bits per heavy atom. The van der Waals surface area contributed by atoms with Crippen LogP contribution in [0, 0.1) is 19.3 Å². The molecule has 0 bridgehead atoms. The zero-order valence-corrected chi connectivity index (χ0v) is 22.6. The zero-order chi connectivity index (χ0) is 26.6. The van der Waals surface area contributed by atoms with Crippen LogP contribution in [0.15, 0.2) is 84.1 Å². The minimum Gasteiger partial charge on any atom is -0.496 e. The second-order valence-electron chi connectivity index (χ2n) is 11.3. The van der Waals surface area contributed by atoms with Crippen molar-refractivity contribution in [1.29, 1.82) is 0 Å². The highest BCUT2D eigenvalue weighted by molar-refractivity contribution is 6.02. The van der Waals surface area contributed by atoms with Gasteiger partial charge in [-0.15, -0.1) is 0 Å². The SMILES string of the molecule is COc1ccccc1C1C2=C(CC(C)(C)CC2=O)Nc2c1c(-c1ccccc1)nn2-c1ccc(C)cc1C. The lowest BCUT2D eigenvalue weighted by molar-refractivity contribution is -0.118. The number of ketones is 1. The molecule has 5 nitrogen and oxygen atoms in total. The number of nitrogens with zero attached hydrogens (tertiary/aromatic N) is 2. The predicted molar refractivity (Wildman–Crippen MR) is 152 cm³/mol. The minimum atomic E-state index is -0.296. The van der Waals surface area contributed by atoms with Gasteiger partial charge in [0.1, 0.15) is 11.6 Å². The molecule has 0 radical (unpaired) electrons. The van der Waals surface area contributed by atoms with E-state index in [0.29, 0.717) is 6.42 Å². The molecule has 1 atom stereocenters. The molecule has 0 amide bonds. The molecule has 1 unspecified atom stereocenters. The first-order valence-corrected chi connectivity index (χ1v) is 13.2. The van der Waals surface area contributed by atoms with Crippen LogP contribution in [-0.2, 0) is 4.79 Å². The lowest BCUT2D eigenvalue weighted by Crippen LogP contribution is -2.34. The number of benzene rings is 3. The molecule has 4 aromatic rings. The van der Waals surface area contributed by atoms with E-state index in [9.17, 15) is 4.79 Å². The predicted octanol–water partition coefficient (Wildman–Crippen LogP) is 7.37. The Kier molecular flexibility index (Phi) is 5.75. The summed E-state index contributed by atoms with van der Waals surface area (Å²) >= 11 is 0. The molecule has 1 aliphatic heterocycles. The number of nitrogens with one attached hydrogen (secondary N) is 1. The van der Waals surface area contributed by atoms with Crippen molar-refractivity contribution in [2.24, 2.45) is 5.41 Å². The summed E-state index contributed by atoms with van der Waals surface area (Å²) in [6, 6.07) is 24.7. The van der Waals surface area contributed by atoms with Crippen molar-refractivity contribution in [3.8, 4) is 22.7 Å². The normalized spacial score (nSPS) is 18.0. The van der Waals surface area contributed by atoms with Gasteiger partial charge in [0.15, 0.2) is 5.78 Å². The molecule has 1 aliphatic carbocycles. The first-order valence-electron chi connectivity index (χ1n) is 13.2. The van der Waals surface area contributed by atoms with Crippen LogP contribution in [0.25, 0.3) is 16.9 Å². The Labute approximate surface area is 224 Å². The third-order valence-electron chi connectivity index (χ3n) is 7.77. The number of ether oxygens (including phenoxy) is 1. The van der Waals surface area contributed by atoms with Crippen molar-refractivity contribution in [3.63, 3.8) is 0 Å². The summed E-state index contributed by atoms with van der Waals surface area (Å²) in [4.78, 5) is 13.9. The maximum Gasteiger partial charge on any atom is 0.162 e. The summed E-state index contributed by atoms with van der Waals surface area (Å²) in [7, 11) is 1.69. The quantitative estimate of drug-likeness (QED) is 0.316. The number of allylic oxidation sites excluding steroid dienone is 2. The Bertz CT molecular complexity index is 1590. The van der Waals surface area contributed by atoms with Gasteiger partial charge in [0.25, 0.3) is 0 Å². The van der Waals surface area contributed by atoms with Gasteiger partial charge in [-0.05, 0) is 43.4 Å². The number of para-hydroxylation sites is 1. The fraction of sp³-hybridized carbons (Fsp3) is 0.273. The minimum absolute atomic E-state index is 0.126. The highest BCUT2D eigenvalue weighted by Gasteiger charge is 2.44. The Balaban J connectivity index is 1.70. The van der Waals surface area contributed by atoms with Gasteiger partial charge in [-0.3, -0.25) is 4.79 Å². The maximum absolute atomic E-state index is 13.9. The monoisotopic (exact) mass is 503 g/mol. The summed E-state index contributed by atoms with van der Waals surface area (Å²) in [5.74, 6) is 1.57. The average molecular weight is 504 g/mol. The topological polar surface area (TPSA) is 56.1 Å². The van der Waals surface area contributed by atoms with Crippen molar-refractivity contribution in [2.75, 3.05) is 12.4 Å². The number of methoxy groups -OCH3 is 1. The van der Waals surface area contributed by atoms with E-state index in [-0.39, 0.29) is 17.1 Å². The Hall–Kier alpha value is -4.12. The van der Waals surface area contributed by atoms with E-state index in [0.717, 1.165) is 62.9 Å². The van der Waals surface area contributed by atoms with E-state index in [1.807, 2.05) is 41.1 Å². The molecule has 1 N–H and O–H groups in total. The zero-order valence-electron chi connectivity index (χ0n) is 22.6. The van der Waals surface area contributed by atoms with Crippen molar-refractivity contribution in [2.45, 2.75) is 46.5 Å². The number of hydrogen-bond acceptors (Lipinski definition) is 4. The number of fused-ring (bicyclic) bond motifs is 1. The van der Waals surface area contributed by atoms with Crippen LogP contribution in [0.2, 0.25) is 0 Å². The van der Waals surface area contributed by atoms with Crippen molar-refractivity contribution in [1.82, 2.24) is 9.78 Å². The van der Waals surface area contributed by atoms with Gasteiger partial charge in [-0.1, -0.05) is 80.1 Å². The van der Waals surface area contributed by atoms with Crippen LogP contribution in [0.5, 0.6) is 5.75 Å². The second kappa shape index (κ2) is 9.02. The third kappa shape index (κ3) is 3.94. The molecule has 5 heteroatoms. The number of carbonyl (C=O) groups is 1. The lowest BCUT2D eigenvalue weighted by Gasteiger charge is -2.39. The molecule has 1 aromatic heterocycles. The van der Waals surface area contributed by atoms with Crippen molar-refractivity contribution >= 4 is 11.6 Å². The van der Waals surface area contributed by atoms with E-state index in [1.54, 1.807) is 7.11 Å². The van der Waals surface area contributed by atoms with Gasteiger partial charge < -0.3 is 10.1 Å². The molecule has 0 saturated heterocycles. The molecule has 3 aromatic carbocycles. The van der Waals surface area contributed by atoms with Crippen LogP contribution < -0.4 is 10.1 Å². The smallest absolute Gasteiger partial charge is 0.162 e. The standard InChI is InChI=1S/C33H33N3O2/c1-20-15-16-25(21(2)17-20)36-32-30(31(35-36)22-11-7-6-8-12-22)28(23-13-9-10-14-27(23)38-5)29-24(34-32)18-33(3,4)19-26(29)37/h6-17,28,34H,18-19H2,1-5H3. The summed E-state index contributed by atoms with van der Waals surface area (Å²) < 4.78 is 7.89. The first-order chi connectivity index (χ1) is 18.3. The second-order valence-corrected chi connectivity index (χ2v) is 11.3. The van der Waals surface area contributed by atoms with E-state index in [2.05, 4.69) is 69.4 Å². The van der Waals surface area contributed by atoms with Gasteiger partial charge in [0.05, 0.1) is 18.5 Å². The van der Waals surface area contributed by atoms with Gasteiger partial charge >= 0.3 is 0 Å². The molecular weight excluding hydrogens is 470 g/mol. The molecule has 0 saturated carbocycles. The molecule has 192 valence electrons. The first kappa shape index (κ1) is 24.2. The summed E-state index contributed by atoms with van der Waals surface area (Å²) in [5, 5.41) is 8.99. The molecule has 0 fully saturated rings. The van der Waals surface area contributed by atoms with Crippen LogP contribution >= 0.6 is 0 Å². The number of aromatic nitrogens is 2. The fourth-order valence-electron chi connectivity index (χ4n) is 6.13. The summed E-state index contributed by atoms with van der Waals surface area (Å²) in [5.41, 5.74) is 8.94. The number of carbonyl (C=O) groups excluding carboxylic acids is 1. The summed E-state index contributed by atoms with van der Waals surface area (Å²) in [6.45, 7) is 8.56. The maximum atomic E-state index is 13.9. The van der Waals surface area contributed by atoms with E-state index in [4.69, 9.17) is 9.84 Å². The van der Waals surface area contributed by atoms with E-state index >= 15 is 0 Å². The molecule has 0 spiro atoms. The number of rotatable bonds is 4. The molecular formula is C33H33N3O2. The number of aryl methyl sites for hydroxylation is 2.